The molecule has 2 amide bonds. The van der Waals surface area contributed by atoms with Crippen LogP contribution in [-0.2, 0) is 13.0 Å². The number of H-pyrrole nitrogens is 2. The van der Waals surface area contributed by atoms with E-state index in [1.165, 1.54) is 0 Å². The topological polar surface area (TPSA) is 81.0 Å². The third-order valence-corrected chi connectivity index (χ3v) is 4.14. The molecule has 1 aliphatic rings. The van der Waals surface area contributed by atoms with Gasteiger partial charge >= 0.3 is 6.03 Å². The van der Waals surface area contributed by atoms with Crippen LogP contribution in [0.2, 0.25) is 10.0 Å². The van der Waals surface area contributed by atoms with Gasteiger partial charge in [-0.25, -0.2) is 4.79 Å². The summed E-state index contributed by atoms with van der Waals surface area (Å²) >= 11 is 11.7. The van der Waals surface area contributed by atoms with Gasteiger partial charge in [-0.05, 0) is 24.6 Å². The van der Waals surface area contributed by atoms with E-state index in [1.807, 2.05) is 0 Å². The quantitative estimate of drug-likeness (QED) is 0.752. The molecule has 1 aromatic carbocycles. The zero-order valence-corrected chi connectivity index (χ0v) is 12.4. The first-order valence-corrected chi connectivity index (χ1v) is 7.09. The first-order valence-electron chi connectivity index (χ1n) is 6.34. The minimum Gasteiger partial charge on any atom is -0.318 e. The number of hydrogen-bond donors (Lipinski definition) is 3. The van der Waals surface area contributed by atoms with Crippen molar-refractivity contribution in [3.63, 3.8) is 0 Å². The fourth-order valence-corrected chi connectivity index (χ4v) is 2.58. The lowest BCUT2D eigenvalue weighted by Crippen LogP contribution is -2.39. The first-order chi connectivity index (χ1) is 10.0. The third kappa shape index (κ3) is 2.77. The van der Waals surface area contributed by atoms with Gasteiger partial charge in [0.25, 0.3) is 5.56 Å². The lowest BCUT2D eigenvalue weighted by Gasteiger charge is -2.26. The zero-order valence-electron chi connectivity index (χ0n) is 10.9. The van der Waals surface area contributed by atoms with E-state index in [2.05, 4.69) is 15.5 Å². The third-order valence-electron chi connectivity index (χ3n) is 3.40. The molecule has 21 heavy (non-hydrogen) atoms. The van der Waals surface area contributed by atoms with Crippen molar-refractivity contribution in [2.45, 2.75) is 13.0 Å². The van der Waals surface area contributed by atoms with Crippen LogP contribution in [0.5, 0.6) is 0 Å². The van der Waals surface area contributed by atoms with Gasteiger partial charge in [-0.2, -0.15) is 0 Å². The summed E-state index contributed by atoms with van der Waals surface area (Å²) in [6, 6.07) is 4.65. The summed E-state index contributed by atoms with van der Waals surface area (Å²) in [6.07, 6.45) is 0.531. The van der Waals surface area contributed by atoms with Gasteiger partial charge in [0.05, 0.1) is 22.3 Å². The van der Waals surface area contributed by atoms with Gasteiger partial charge < -0.3 is 15.3 Å². The number of nitrogens with zero attached hydrogens (tertiary/aromatic N) is 1. The molecule has 0 atom stereocenters. The molecule has 1 aliphatic heterocycles. The van der Waals surface area contributed by atoms with Gasteiger partial charge in [0.15, 0.2) is 0 Å². The van der Waals surface area contributed by atoms with E-state index in [0.717, 1.165) is 5.69 Å². The molecule has 0 spiro atoms. The SMILES string of the molecule is O=C(Nc1ccc(Cl)c(Cl)c1)N1CCc2c([nH][nH]c2=O)C1. The Bertz CT molecular complexity index is 753. The molecular weight excluding hydrogens is 315 g/mol. The number of aromatic nitrogens is 2. The fraction of sp³-hybridized carbons (Fsp3) is 0.231. The molecule has 0 unspecified atom stereocenters. The van der Waals surface area contributed by atoms with E-state index >= 15 is 0 Å². The highest BCUT2D eigenvalue weighted by Gasteiger charge is 2.23. The summed E-state index contributed by atoms with van der Waals surface area (Å²) in [5, 5.41) is 8.90. The molecule has 8 heteroatoms. The van der Waals surface area contributed by atoms with E-state index in [-0.39, 0.29) is 11.6 Å². The highest BCUT2D eigenvalue weighted by Crippen LogP contribution is 2.25. The Hall–Kier alpha value is -1.92. The Morgan fingerprint density at radius 2 is 2.05 bits per heavy atom. The highest BCUT2D eigenvalue weighted by molar-refractivity contribution is 6.42. The van der Waals surface area contributed by atoms with Crippen molar-refractivity contribution in [2.24, 2.45) is 0 Å². The van der Waals surface area contributed by atoms with Crippen molar-refractivity contribution < 1.29 is 4.79 Å². The van der Waals surface area contributed by atoms with E-state index in [4.69, 9.17) is 23.2 Å². The normalized spacial score (nSPS) is 13.9. The maximum Gasteiger partial charge on any atom is 0.322 e. The summed E-state index contributed by atoms with van der Waals surface area (Å²) in [7, 11) is 0. The Morgan fingerprint density at radius 3 is 2.81 bits per heavy atom. The number of carbonyl (C=O) groups excluding carboxylic acids is 1. The van der Waals surface area contributed by atoms with E-state index in [9.17, 15) is 9.59 Å². The number of anilines is 1. The molecule has 2 heterocycles. The van der Waals surface area contributed by atoms with Crippen LogP contribution >= 0.6 is 23.2 Å². The fourth-order valence-electron chi connectivity index (χ4n) is 2.29. The number of hydrogen-bond acceptors (Lipinski definition) is 2. The molecule has 0 saturated carbocycles. The van der Waals surface area contributed by atoms with Gasteiger partial charge in [-0.1, -0.05) is 23.2 Å². The van der Waals surface area contributed by atoms with Crippen molar-refractivity contribution in [1.82, 2.24) is 15.1 Å². The van der Waals surface area contributed by atoms with E-state index in [1.54, 1.807) is 23.1 Å². The van der Waals surface area contributed by atoms with E-state index in [0.29, 0.717) is 40.8 Å². The van der Waals surface area contributed by atoms with Gasteiger partial charge in [0.2, 0.25) is 0 Å². The van der Waals surface area contributed by atoms with Crippen LogP contribution in [0.1, 0.15) is 11.3 Å². The number of carbonyl (C=O) groups is 1. The monoisotopic (exact) mass is 326 g/mol. The van der Waals surface area contributed by atoms with Crippen LogP contribution < -0.4 is 10.9 Å². The zero-order chi connectivity index (χ0) is 15.0. The lowest BCUT2D eigenvalue weighted by atomic mass is 10.1. The summed E-state index contributed by atoms with van der Waals surface area (Å²) < 4.78 is 0. The second-order valence-corrected chi connectivity index (χ2v) is 5.58. The van der Waals surface area contributed by atoms with Gasteiger partial charge in [-0.3, -0.25) is 9.89 Å². The number of benzene rings is 1. The van der Waals surface area contributed by atoms with Crippen LogP contribution in [0, 0.1) is 0 Å². The number of fused-ring (bicyclic) bond motifs is 1. The van der Waals surface area contributed by atoms with Gasteiger partial charge in [0.1, 0.15) is 0 Å². The van der Waals surface area contributed by atoms with Crippen LogP contribution in [0.15, 0.2) is 23.0 Å². The van der Waals surface area contributed by atoms with Crippen molar-refractivity contribution in [3.05, 3.63) is 49.9 Å². The summed E-state index contributed by atoms with van der Waals surface area (Å²) in [5.41, 5.74) is 1.92. The average molecular weight is 327 g/mol. The molecule has 3 rings (SSSR count). The van der Waals surface area contributed by atoms with Crippen molar-refractivity contribution >= 4 is 34.9 Å². The minimum absolute atomic E-state index is 0.116. The molecule has 0 radical (unpaired) electrons. The summed E-state index contributed by atoms with van der Waals surface area (Å²) in [5.74, 6) is 0. The van der Waals surface area contributed by atoms with Gasteiger partial charge in [-0.15, -0.1) is 0 Å². The number of nitrogens with one attached hydrogen (secondary N) is 3. The number of amides is 2. The molecule has 0 saturated heterocycles. The summed E-state index contributed by atoms with van der Waals surface area (Å²) in [6.45, 7) is 0.850. The van der Waals surface area contributed by atoms with Crippen LogP contribution in [0.4, 0.5) is 10.5 Å². The Kier molecular flexibility index (Phi) is 3.65. The molecule has 0 fully saturated rings. The molecular formula is C13H12Cl2N4O2. The maximum atomic E-state index is 12.2. The molecule has 1 aromatic heterocycles. The largest absolute Gasteiger partial charge is 0.322 e. The van der Waals surface area contributed by atoms with Gasteiger partial charge in [0, 0.05) is 17.8 Å². The van der Waals surface area contributed by atoms with E-state index < -0.39 is 0 Å². The van der Waals surface area contributed by atoms with Crippen molar-refractivity contribution in [3.8, 4) is 0 Å². The Labute approximate surface area is 130 Å². The molecule has 3 N–H and O–H groups in total. The predicted molar refractivity (Wildman–Crippen MR) is 81.0 cm³/mol. The first kappa shape index (κ1) is 14.0. The molecule has 6 nitrogen and oxygen atoms in total. The van der Waals surface area contributed by atoms with Crippen LogP contribution in [-0.4, -0.2) is 27.7 Å². The lowest BCUT2D eigenvalue weighted by molar-refractivity contribution is 0.205. The Morgan fingerprint density at radius 1 is 1.24 bits per heavy atom. The van der Waals surface area contributed by atoms with Crippen molar-refractivity contribution in [2.75, 3.05) is 11.9 Å². The highest BCUT2D eigenvalue weighted by atomic mass is 35.5. The van der Waals surface area contributed by atoms with Crippen LogP contribution in [0.25, 0.3) is 0 Å². The molecule has 0 bridgehead atoms. The standard InChI is InChI=1S/C13H12Cl2N4O2/c14-9-2-1-7(5-10(9)15)16-13(21)19-4-3-8-11(6-19)17-18-12(8)20/h1-2,5H,3-4,6H2,(H,16,21)(H2,17,18,20). The molecule has 2 aromatic rings. The maximum absolute atomic E-state index is 12.2. The Balaban J connectivity index is 1.72. The van der Waals surface area contributed by atoms with Crippen LogP contribution in [0.3, 0.4) is 0 Å². The number of rotatable bonds is 1. The number of urea groups is 1. The molecule has 110 valence electrons. The molecule has 0 aliphatic carbocycles. The minimum atomic E-state index is -0.249. The summed E-state index contributed by atoms with van der Waals surface area (Å²) in [4.78, 5) is 25.3. The smallest absolute Gasteiger partial charge is 0.318 e. The number of aromatic amines is 2. The van der Waals surface area contributed by atoms with Crippen molar-refractivity contribution in [1.29, 1.82) is 0 Å². The average Bonchev–Trinajstić information content (AvgIpc) is 2.84. The number of halogens is 2. The predicted octanol–water partition coefficient (Wildman–Crippen LogP) is 2.60. The second-order valence-electron chi connectivity index (χ2n) is 4.77. The second kappa shape index (κ2) is 5.46.